The lowest BCUT2D eigenvalue weighted by molar-refractivity contribution is 0.615. The lowest BCUT2D eigenvalue weighted by Gasteiger charge is -2.18. The summed E-state index contributed by atoms with van der Waals surface area (Å²) in [6.07, 6.45) is 0. The largest absolute Gasteiger partial charge is 0.383 e. The zero-order valence-corrected chi connectivity index (χ0v) is 18.7. The summed E-state index contributed by atoms with van der Waals surface area (Å²) in [5.41, 5.74) is 8.23. The average Bonchev–Trinajstić information content (AvgIpc) is 3.24. The summed E-state index contributed by atoms with van der Waals surface area (Å²) in [6.45, 7) is 6.10. The average molecular weight is 424 g/mol. The summed E-state index contributed by atoms with van der Waals surface area (Å²) in [4.78, 5) is 5.15. The molecule has 3 aromatic rings. The van der Waals surface area contributed by atoms with Crippen LogP contribution in [0.15, 0.2) is 54.6 Å². The number of nitrogens with one attached hydrogen (secondary N) is 3. The predicted molar refractivity (Wildman–Crippen MR) is 129 cm³/mol. The van der Waals surface area contributed by atoms with Crippen LogP contribution in [0.25, 0.3) is 22.4 Å². The molecule has 5 heteroatoms. The number of fused-ring (bicyclic) bond motifs is 1. The van der Waals surface area contributed by atoms with Gasteiger partial charge < -0.3 is 16.0 Å². The first-order valence-electron chi connectivity index (χ1n) is 11.4. The molecule has 0 amide bonds. The zero-order valence-electron chi connectivity index (χ0n) is 18.7. The van der Waals surface area contributed by atoms with Crippen molar-refractivity contribution in [3.05, 3.63) is 71.4 Å². The van der Waals surface area contributed by atoms with Gasteiger partial charge in [-0.3, -0.25) is 0 Å². The van der Waals surface area contributed by atoms with Gasteiger partial charge in [0.25, 0.3) is 0 Å². The maximum Gasteiger partial charge on any atom is 0.0991 e. The van der Waals surface area contributed by atoms with E-state index in [4.69, 9.17) is 4.98 Å². The quantitative estimate of drug-likeness (QED) is 0.531. The van der Waals surface area contributed by atoms with Gasteiger partial charge in [0, 0.05) is 24.2 Å². The number of nitriles is 1. The van der Waals surface area contributed by atoms with Crippen LogP contribution >= 0.6 is 0 Å². The number of pyridine rings is 1. The molecule has 2 atom stereocenters. The van der Waals surface area contributed by atoms with E-state index in [-0.39, 0.29) is 0 Å². The van der Waals surface area contributed by atoms with E-state index in [2.05, 4.69) is 59.3 Å². The van der Waals surface area contributed by atoms with Crippen LogP contribution in [0.5, 0.6) is 0 Å². The van der Waals surface area contributed by atoms with E-state index >= 15 is 0 Å². The molecule has 5 nitrogen and oxygen atoms in total. The van der Waals surface area contributed by atoms with E-state index in [1.54, 1.807) is 0 Å². The molecule has 2 unspecified atom stereocenters. The van der Waals surface area contributed by atoms with Crippen LogP contribution in [0.4, 0.5) is 5.69 Å². The van der Waals surface area contributed by atoms with E-state index in [0.29, 0.717) is 12.1 Å². The lowest BCUT2D eigenvalue weighted by Crippen LogP contribution is -2.19. The Hall–Kier alpha value is -3.20. The number of anilines is 1. The first-order valence-corrected chi connectivity index (χ1v) is 11.4. The van der Waals surface area contributed by atoms with Gasteiger partial charge in [-0.15, -0.1) is 0 Å². The van der Waals surface area contributed by atoms with Crippen LogP contribution in [-0.4, -0.2) is 31.7 Å². The second-order valence-corrected chi connectivity index (χ2v) is 9.00. The number of nitrogens with zero attached hydrogens (tertiary/aromatic N) is 2. The normalized spacial score (nSPS) is 21.1. The third-order valence-electron chi connectivity index (χ3n) is 6.89. The molecule has 0 spiro atoms. The van der Waals surface area contributed by atoms with Gasteiger partial charge in [-0.1, -0.05) is 42.0 Å². The SMILES string of the molecule is CNCc1nc(-c2ccc(C)cc2)c(-c2ccc(C#N)cc2)cc1NCC1C2CNCC21. The molecular weight excluding hydrogens is 394 g/mol. The van der Waals surface area contributed by atoms with Crippen molar-refractivity contribution in [2.45, 2.75) is 13.5 Å². The second-order valence-electron chi connectivity index (χ2n) is 9.00. The van der Waals surface area contributed by atoms with E-state index < -0.39 is 0 Å². The fraction of sp³-hybridized carbons (Fsp3) is 0.333. The van der Waals surface area contributed by atoms with Crippen molar-refractivity contribution in [3.63, 3.8) is 0 Å². The Morgan fingerprint density at radius 1 is 1.03 bits per heavy atom. The van der Waals surface area contributed by atoms with Crippen molar-refractivity contribution in [2.75, 3.05) is 32.0 Å². The summed E-state index contributed by atoms with van der Waals surface area (Å²) in [5, 5.41) is 19.7. The van der Waals surface area contributed by atoms with Crippen molar-refractivity contribution in [1.29, 1.82) is 5.26 Å². The number of piperidine rings is 1. The van der Waals surface area contributed by atoms with Gasteiger partial charge in [0.2, 0.25) is 0 Å². The summed E-state index contributed by atoms with van der Waals surface area (Å²) in [7, 11) is 1.96. The Kier molecular flexibility index (Phi) is 5.65. The van der Waals surface area contributed by atoms with Crippen molar-refractivity contribution < 1.29 is 0 Å². The van der Waals surface area contributed by atoms with Crippen molar-refractivity contribution >= 4 is 5.69 Å². The molecule has 2 aliphatic rings. The Balaban J connectivity index is 1.55. The minimum atomic E-state index is 0.664. The van der Waals surface area contributed by atoms with Gasteiger partial charge in [0.05, 0.1) is 28.7 Å². The van der Waals surface area contributed by atoms with Gasteiger partial charge in [0.15, 0.2) is 0 Å². The van der Waals surface area contributed by atoms with Gasteiger partial charge in [-0.05, 0) is 68.6 Å². The Morgan fingerprint density at radius 2 is 1.72 bits per heavy atom. The number of aromatic nitrogens is 1. The van der Waals surface area contributed by atoms with Gasteiger partial charge >= 0.3 is 0 Å². The van der Waals surface area contributed by atoms with E-state index in [9.17, 15) is 5.26 Å². The molecule has 162 valence electrons. The van der Waals surface area contributed by atoms with Crippen LogP contribution in [0.3, 0.4) is 0 Å². The van der Waals surface area contributed by atoms with E-state index in [1.807, 2.05) is 31.3 Å². The van der Waals surface area contributed by atoms with Gasteiger partial charge in [-0.2, -0.15) is 5.26 Å². The molecule has 5 rings (SSSR count). The Morgan fingerprint density at radius 3 is 2.38 bits per heavy atom. The topological polar surface area (TPSA) is 72.8 Å². The van der Waals surface area contributed by atoms with Crippen LogP contribution in [0, 0.1) is 36.0 Å². The fourth-order valence-corrected chi connectivity index (χ4v) is 4.96. The maximum atomic E-state index is 9.21. The molecule has 3 N–H and O–H groups in total. The number of rotatable bonds is 7. The minimum Gasteiger partial charge on any atom is -0.383 e. The van der Waals surface area contributed by atoms with Crippen LogP contribution in [-0.2, 0) is 6.54 Å². The number of benzene rings is 2. The molecule has 2 heterocycles. The molecule has 1 aliphatic heterocycles. The lowest BCUT2D eigenvalue weighted by atomic mass is 9.96. The molecule has 1 saturated carbocycles. The van der Waals surface area contributed by atoms with E-state index in [0.717, 1.165) is 71.2 Å². The van der Waals surface area contributed by atoms with Crippen LogP contribution < -0.4 is 16.0 Å². The highest BCUT2D eigenvalue weighted by Crippen LogP contribution is 2.48. The first kappa shape index (κ1) is 20.7. The summed E-state index contributed by atoms with van der Waals surface area (Å²) in [5.74, 6) is 2.41. The summed E-state index contributed by atoms with van der Waals surface area (Å²) >= 11 is 0. The van der Waals surface area contributed by atoms with Crippen molar-refractivity contribution in [3.8, 4) is 28.5 Å². The zero-order chi connectivity index (χ0) is 22.1. The molecule has 1 aromatic heterocycles. The molecule has 1 aliphatic carbocycles. The second kappa shape index (κ2) is 8.74. The van der Waals surface area contributed by atoms with Gasteiger partial charge in [-0.25, -0.2) is 4.98 Å². The third kappa shape index (κ3) is 4.00. The predicted octanol–water partition coefficient (Wildman–Crippen LogP) is 4.19. The highest BCUT2D eigenvalue weighted by atomic mass is 15.0. The highest BCUT2D eigenvalue weighted by molar-refractivity contribution is 5.84. The number of hydrogen-bond donors (Lipinski definition) is 3. The Labute approximate surface area is 189 Å². The minimum absolute atomic E-state index is 0.664. The van der Waals surface area contributed by atoms with Crippen molar-refractivity contribution in [1.82, 2.24) is 15.6 Å². The smallest absolute Gasteiger partial charge is 0.0991 e. The molecule has 1 saturated heterocycles. The van der Waals surface area contributed by atoms with Crippen LogP contribution in [0.1, 0.15) is 16.8 Å². The van der Waals surface area contributed by atoms with Gasteiger partial charge in [0.1, 0.15) is 0 Å². The highest BCUT2D eigenvalue weighted by Gasteiger charge is 2.52. The molecule has 2 fully saturated rings. The molecule has 0 bridgehead atoms. The maximum absolute atomic E-state index is 9.21. The van der Waals surface area contributed by atoms with E-state index in [1.165, 1.54) is 5.56 Å². The number of aryl methyl sites for hydroxylation is 1. The van der Waals surface area contributed by atoms with Crippen molar-refractivity contribution in [2.24, 2.45) is 17.8 Å². The summed E-state index contributed by atoms with van der Waals surface area (Å²) in [6, 6.07) is 20.8. The molecule has 0 radical (unpaired) electrons. The molecule has 32 heavy (non-hydrogen) atoms. The molecule has 2 aromatic carbocycles. The third-order valence-corrected chi connectivity index (χ3v) is 6.89. The fourth-order valence-electron chi connectivity index (χ4n) is 4.96. The summed E-state index contributed by atoms with van der Waals surface area (Å²) < 4.78 is 0. The molecular formula is C27H29N5. The standard InChI is InChI=1S/C27H29N5/c1-17-3-7-20(8-4-17)27-21(19-9-5-18(12-28)6-10-19)11-25(26(32-27)16-29-2)31-15-24-22-13-30-14-23(22)24/h3-11,22-24,29-31H,13-16H2,1-2H3. The number of hydrogen-bond acceptors (Lipinski definition) is 5. The van der Waals surface area contributed by atoms with Crippen LogP contribution in [0.2, 0.25) is 0 Å². The Bertz CT molecular complexity index is 1130. The first-order chi connectivity index (χ1) is 15.7. The monoisotopic (exact) mass is 423 g/mol.